The summed E-state index contributed by atoms with van der Waals surface area (Å²) >= 11 is 0. The number of benzene rings is 2. The van der Waals surface area contributed by atoms with E-state index in [1.807, 2.05) is 24.3 Å². The van der Waals surface area contributed by atoms with Gasteiger partial charge >= 0.3 is 6.61 Å². The van der Waals surface area contributed by atoms with Crippen LogP contribution in [0, 0.1) is 0 Å². The zero-order valence-electron chi connectivity index (χ0n) is 11.3. The predicted octanol–water partition coefficient (Wildman–Crippen LogP) is 4.23. The number of para-hydroxylation sites is 1. The number of rotatable bonds is 4. The van der Waals surface area contributed by atoms with Crippen molar-refractivity contribution in [3.8, 4) is 11.6 Å². The van der Waals surface area contributed by atoms with E-state index in [0.29, 0.717) is 11.3 Å². The summed E-state index contributed by atoms with van der Waals surface area (Å²) in [6.07, 6.45) is 1.48. The molecule has 0 radical (unpaired) electrons. The molecule has 0 saturated heterocycles. The van der Waals surface area contributed by atoms with Crippen molar-refractivity contribution in [2.75, 3.05) is 0 Å². The van der Waals surface area contributed by atoms with Crippen LogP contribution < -0.4 is 4.74 Å². The Balaban J connectivity index is 1.91. The average Bonchev–Trinajstić information content (AvgIpc) is 2.80. The number of H-pyrrole nitrogens is 1. The third-order valence-electron chi connectivity index (χ3n) is 3.11. The minimum Gasteiger partial charge on any atom is -0.494 e. The Bertz CT molecular complexity index is 828. The zero-order chi connectivity index (χ0) is 15.5. The van der Waals surface area contributed by atoms with Gasteiger partial charge in [-0.3, -0.25) is 4.99 Å². The fourth-order valence-corrected chi connectivity index (χ4v) is 2.16. The molecule has 0 aliphatic carbocycles. The van der Waals surface area contributed by atoms with Crippen LogP contribution in [0.2, 0.25) is 0 Å². The van der Waals surface area contributed by atoms with Gasteiger partial charge in [-0.2, -0.15) is 8.78 Å². The molecule has 6 heteroatoms. The van der Waals surface area contributed by atoms with Gasteiger partial charge in [0.25, 0.3) is 0 Å². The van der Waals surface area contributed by atoms with Gasteiger partial charge in [-0.1, -0.05) is 24.3 Å². The number of hydrogen-bond donors (Lipinski definition) is 2. The van der Waals surface area contributed by atoms with Crippen LogP contribution >= 0.6 is 0 Å². The lowest BCUT2D eigenvalue weighted by molar-refractivity contribution is -0.0498. The molecule has 3 aromatic rings. The first-order valence-corrected chi connectivity index (χ1v) is 6.52. The van der Waals surface area contributed by atoms with E-state index in [-0.39, 0.29) is 11.6 Å². The van der Waals surface area contributed by atoms with E-state index in [1.165, 1.54) is 18.3 Å². The molecule has 1 aromatic heterocycles. The smallest absolute Gasteiger partial charge is 0.387 e. The molecule has 2 N–H and O–H groups in total. The Kier molecular flexibility index (Phi) is 3.74. The van der Waals surface area contributed by atoms with Crippen molar-refractivity contribution in [1.82, 2.24) is 4.98 Å². The van der Waals surface area contributed by atoms with Crippen molar-refractivity contribution in [2.45, 2.75) is 6.61 Å². The van der Waals surface area contributed by atoms with Crippen molar-refractivity contribution in [3.05, 3.63) is 54.1 Å². The highest BCUT2D eigenvalue weighted by molar-refractivity contribution is 6.02. The van der Waals surface area contributed by atoms with Gasteiger partial charge in [0, 0.05) is 23.2 Å². The Morgan fingerprint density at radius 3 is 2.77 bits per heavy atom. The third kappa shape index (κ3) is 2.90. The molecule has 0 spiro atoms. The molecule has 2 aromatic carbocycles. The van der Waals surface area contributed by atoms with Crippen LogP contribution in [0.5, 0.6) is 11.6 Å². The number of fused-ring (bicyclic) bond motifs is 1. The van der Waals surface area contributed by atoms with E-state index in [9.17, 15) is 13.9 Å². The van der Waals surface area contributed by atoms with Crippen LogP contribution in [0.15, 0.2) is 53.5 Å². The van der Waals surface area contributed by atoms with E-state index in [1.54, 1.807) is 12.1 Å². The van der Waals surface area contributed by atoms with Crippen molar-refractivity contribution in [3.63, 3.8) is 0 Å². The average molecular weight is 302 g/mol. The Morgan fingerprint density at radius 2 is 1.95 bits per heavy atom. The van der Waals surface area contributed by atoms with Gasteiger partial charge in [0.05, 0.1) is 11.3 Å². The highest BCUT2D eigenvalue weighted by Gasteiger charge is 2.08. The number of ether oxygens (including phenoxy) is 1. The van der Waals surface area contributed by atoms with Gasteiger partial charge in [0.15, 0.2) is 5.88 Å². The minimum atomic E-state index is -2.88. The molecule has 0 aliphatic rings. The lowest BCUT2D eigenvalue weighted by Crippen LogP contribution is -2.01. The Labute approximate surface area is 124 Å². The first kappa shape index (κ1) is 14.1. The van der Waals surface area contributed by atoms with Crippen LogP contribution in [0.25, 0.3) is 10.9 Å². The summed E-state index contributed by atoms with van der Waals surface area (Å²) in [4.78, 5) is 7.04. The summed E-state index contributed by atoms with van der Waals surface area (Å²) in [7, 11) is 0. The molecular weight excluding hydrogens is 290 g/mol. The number of alkyl halides is 2. The van der Waals surface area contributed by atoms with Gasteiger partial charge in [-0.25, -0.2) is 0 Å². The standard InChI is InChI=1S/C16H12F2N2O2/c17-16(18)22-11-5-3-4-10(8-11)19-9-13-12-6-1-2-7-14(12)20-15(13)21/h1-9,16,20-21H. The summed E-state index contributed by atoms with van der Waals surface area (Å²) < 4.78 is 28.7. The second-order valence-corrected chi connectivity index (χ2v) is 4.57. The van der Waals surface area contributed by atoms with Crippen molar-refractivity contribution < 1.29 is 18.6 Å². The van der Waals surface area contributed by atoms with E-state index in [4.69, 9.17) is 0 Å². The molecule has 0 atom stereocenters. The molecular formula is C16H12F2N2O2. The molecule has 0 bridgehead atoms. The van der Waals surface area contributed by atoms with Gasteiger partial charge in [-0.15, -0.1) is 0 Å². The Morgan fingerprint density at radius 1 is 1.14 bits per heavy atom. The summed E-state index contributed by atoms with van der Waals surface area (Å²) in [5.41, 5.74) is 1.77. The fourth-order valence-electron chi connectivity index (χ4n) is 2.16. The van der Waals surface area contributed by atoms with Gasteiger partial charge in [0.2, 0.25) is 0 Å². The second kappa shape index (κ2) is 5.85. The fraction of sp³-hybridized carbons (Fsp3) is 0.0625. The third-order valence-corrected chi connectivity index (χ3v) is 3.11. The summed E-state index contributed by atoms with van der Waals surface area (Å²) in [5, 5.41) is 10.7. The first-order valence-electron chi connectivity index (χ1n) is 6.52. The largest absolute Gasteiger partial charge is 0.494 e. The van der Waals surface area contributed by atoms with E-state index in [2.05, 4.69) is 14.7 Å². The summed E-state index contributed by atoms with van der Waals surface area (Å²) in [5.74, 6) is 0.0396. The molecule has 22 heavy (non-hydrogen) atoms. The number of halogens is 2. The number of aliphatic imine (C=N–C) groups is 1. The van der Waals surface area contributed by atoms with Crippen molar-refractivity contribution >= 4 is 22.8 Å². The second-order valence-electron chi connectivity index (χ2n) is 4.57. The Hall–Kier alpha value is -2.89. The first-order chi connectivity index (χ1) is 10.6. The quantitative estimate of drug-likeness (QED) is 0.709. The van der Waals surface area contributed by atoms with Crippen LogP contribution in [0.1, 0.15) is 5.56 Å². The number of nitrogens with zero attached hydrogens (tertiary/aromatic N) is 1. The maximum Gasteiger partial charge on any atom is 0.387 e. The molecule has 112 valence electrons. The number of aromatic amines is 1. The SMILES string of the molecule is Oc1[nH]c2ccccc2c1C=Nc1cccc(OC(F)F)c1. The molecule has 3 rings (SSSR count). The molecule has 0 amide bonds. The lowest BCUT2D eigenvalue weighted by atomic mass is 10.2. The van der Waals surface area contributed by atoms with Crippen molar-refractivity contribution in [2.24, 2.45) is 4.99 Å². The van der Waals surface area contributed by atoms with Gasteiger partial charge in [-0.05, 0) is 18.2 Å². The molecule has 4 nitrogen and oxygen atoms in total. The summed E-state index contributed by atoms with van der Waals surface area (Å²) in [6.45, 7) is -2.88. The normalized spacial score (nSPS) is 11.6. The van der Waals surface area contributed by atoms with E-state index in [0.717, 1.165) is 10.9 Å². The zero-order valence-corrected chi connectivity index (χ0v) is 11.3. The van der Waals surface area contributed by atoms with Gasteiger partial charge in [0.1, 0.15) is 5.75 Å². The summed E-state index contributed by atoms with van der Waals surface area (Å²) in [6, 6.07) is 13.4. The molecule has 0 aliphatic heterocycles. The van der Waals surface area contributed by atoms with Crippen LogP contribution in [-0.2, 0) is 0 Å². The number of aromatic hydroxyl groups is 1. The predicted molar refractivity (Wildman–Crippen MR) is 80.3 cm³/mol. The topological polar surface area (TPSA) is 57.6 Å². The number of nitrogens with one attached hydrogen (secondary N) is 1. The monoisotopic (exact) mass is 302 g/mol. The minimum absolute atomic E-state index is 0.00457. The van der Waals surface area contributed by atoms with E-state index >= 15 is 0 Å². The molecule has 0 unspecified atom stereocenters. The highest BCUT2D eigenvalue weighted by atomic mass is 19.3. The van der Waals surface area contributed by atoms with E-state index < -0.39 is 6.61 Å². The lowest BCUT2D eigenvalue weighted by Gasteiger charge is -2.04. The molecule has 0 saturated carbocycles. The van der Waals surface area contributed by atoms with Crippen LogP contribution in [-0.4, -0.2) is 22.9 Å². The van der Waals surface area contributed by atoms with Gasteiger partial charge < -0.3 is 14.8 Å². The molecule has 0 fully saturated rings. The molecule has 1 heterocycles. The number of aromatic nitrogens is 1. The number of hydrogen-bond acceptors (Lipinski definition) is 3. The van der Waals surface area contributed by atoms with Crippen LogP contribution in [0.4, 0.5) is 14.5 Å². The maximum atomic E-state index is 12.2. The highest BCUT2D eigenvalue weighted by Crippen LogP contribution is 2.27. The van der Waals surface area contributed by atoms with Crippen molar-refractivity contribution in [1.29, 1.82) is 0 Å². The maximum absolute atomic E-state index is 12.2. The van der Waals surface area contributed by atoms with Crippen LogP contribution in [0.3, 0.4) is 0 Å².